The van der Waals surface area contributed by atoms with Gasteiger partial charge in [-0.3, -0.25) is 14.5 Å². The van der Waals surface area contributed by atoms with E-state index in [1.807, 2.05) is 54.6 Å². The summed E-state index contributed by atoms with van der Waals surface area (Å²) in [6.45, 7) is 3.29. The number of carbonyl (C=O) groups is 3. The standard InChI is InChI=1S/C34H37N3O5/c38-31(39)17-30(36-33(41)42-20-29-27-14-6-4-12-25(27)26-13-5-7-15-28(26)29)32(40)35-21-34-16-8-11-24(34)19-37(22-34)18-23-9-2-1-3-10-23/h1-7,9-10,12-15,24,29-30H,8,11,16-22H2,(H,35,40)(H,36,41)(H,38,39). The number of aliphatic carboxylic acids is 1. The third kappa shape index (κ3) is 5.77. The van der Waals surface area contributed by atoms with Crippen LogP contribution in [0.2, 0.25) is 0 Å². The Hall–Kier alpha value is -4.17. The molecule has 3 aromatic carbocycles. The Bertz CT molecular complexity index is 1410. The minimum absolute atomic E-state index is 0.0397. The molecule has 2 aliphatic carbocycles. The molecule has 0 spiro atoms. The topological polar surface area (TPSA) is 108 Å². The third-order valence-corrected chi connectivity index (χ3v) is 9.31. The van der Waals surface area contributed by atoms with Crippen molar-refractivity contribution in [2.45, 2.75) is 44.2 Å². The highest BCUT2D eigenvalue weighted by atomic mass is 16.5. The van der Waals surface area contributed by atoms with Crippen molar-refractivity contribution in [1.82, 2.24) is 15.5 Å². The lowest BCUT2D eigenvalue weighted by Gasteiger charge is -2.30. The summed E-state index contributed by atoms with van der Waals surface area (Å²) in [4.78, 5) is 40.2. The van der Waals surface area contributed by atoms with E-state index >= 15 is 0 Å². The summed E-state index contributed by atoms with van der Waals surface area (Å²) in [5.41, 5.74) is 5.62. The van der Waals surface area contributed by atoms with E-state index in [1.54, 1.807) is 0 Å². The number of amides is 2. The molecule has 3 aliphatic rings. The molecule has 3 N–H and O–H groups in total. The van der Waals surface area contributed by atoms with Gasteiger partial charge in [0.05, 0.1) is 6.42 Å². The van der Waals surface area contributed by atoms with E-state index in [1.165, 1.54) is 5.56 Å². The Morgan fingerprint density at radius 2 is 1.62 bits per heavy atom. The average Bonchev–Trinajstić information content (AvgIpc) is 3.63. The molecular formula is C34H37N3O5. The van der Waals surface area contributed by atoms with Gasteiger partial charge >= 0.3 is 12.1 Å². The first kappa shape index (κ1) is 28.0. The van der Waals surface area contributed by atoms with Crippen molar-refractivity contribution in [3.8, 4) is 11.1 Å². The number of fused-ring (bicyclic) bond motifs is 4. The van der Waals surface area contributed by atoms with Crippen molar-refractivity contribution in [2.75, 3.05) is 26.2 Å². The average molecular weight is 568 g/mol. The van der Waals surface area contributed by atoms with Gasteiger partial charge in [0, 0.05) is 37.5 Å². The van der Waals surface area contributed by atoms with Gasteiger partial charge in [-0.25, -0.2) is 4.79 Å². The van der Waals surface area contributed by atoms with Crippen LogP contribution in [-0.2, 0) is 20.9 Å². The Kier molecular flexibility index (Phi) is 7.98. The fourth-order valence-electron chi connectivity index (χ4n) is 7.33. The minimum atomic E-state index is -1.23. The number of benzene rings is 3. The molecule has 8 nitrogen and oxygen atoms in total. The van der Waals surface area contributed by atoms with Crippen LogP contribution in [0, 0.1) is 11.3 Å². The Morgan fingerprint density at radius 3 is 2.31 bits per heavy atom. The first-order chi connectivity index (χ1) is 20.4. The number of nitrogens with zero attached hydrogens (tertiary/aromatic N) is 1. The molecule has 3 aromatic rings. The van der Waals surface area contributed by atoms with E-state index in [0.717, 1.165) is 61.2 Å². The Labute approximate surface area is 246 Å². The second kappa shape index (κ2) is 12.0. The van der Waals surface area contributed by atoms with E-state index in [9.17, 15) is 19.5 Å². The molecule has 2 amide bonds. The minimum Gasteiger partial charge on any atom is -0.481 e. The number of hydrogen-bond acceptors (Lipinski definition) is 5. The molecule has 8 heteroatoms. The summed E-state index contributed by atoms with van der Waals surface area (Å²) < 4.78 is 5.59. The van der Waals surface area contributed by atoms with Gasteiger partial charge in [-0.15, -0.1) is 0 Å². The van der Waals surface area contributed by atoms with E-state index in [0.29, 0.717) is 12.5 Å². The second-order valence-corrected chi connectivity index (χ2v) is 11.9. The van der Waals surface area contributed by atoms with Crippen LogP contribution < -0.4 is 10.6 Å². The van der Waals surface area contributed by atoms with Gasteiger partial charge in [-0.1, -0.05) is 85.3 Å². The van der Waals surface area contributed by atoms with Crippen molar-refractivity contribution in [3.05, 3.63) is 95.6 Å². The SMILES string of the molecule is O=C(O)CC(NC(=O)OCC1c2ccccc2-c2ccccc21)C(=O)NCC12CCCC1CN(Cc1ccccc1)C2. The summed E-state index contributed by atoms with van der Waals surface area (Å²) in [7, 11) is 0. The van der Waals surface area contributed by atoms with Crippen LogP contribution in [0.25, 0.3) is 11.1 Å². The third-order valence-electron chi connectivity index (χ3n) is 9.31. The molecule has 0 radical (unpaired) electrons. The summed E-state index contributed by atoms with van der Waals surface area (Å²) in [5.74, 6) is -1.31. The number of ether oxygens (including phenoxy) is 1. The number of rotatable bonds is 10. The van der Waals surface area contributed by atoms with Crippen LogP contribution in [0.1, 0.15) is 48.3 Å². The smallest absolute Gasteiger partial charge is 0.407 e. The highest BCUT2D eigenvalue weighted by Gasteiger charge is 2.49. The number of carboxylic acid groups (broad SMARTS) is 1. The number of likely N-dealkylation sites (tertiary alicyclic amines) is 1. The molecule has 1 aliphatic heterocycles. The number of hydrogen-bond donors (Lipinski definition) is 3. The molecule has 0 bridgehead atoms. The van der Waals surface area contributed by atoms with Crippen LogP contribution in [-0.4, -0.2) is 60.3 Å². The van der Waals surface area contributed by atoms with Gasteiger partial charge in [-0.2, -0.15) is 0 Å². The maximum absolute atomic E-state index is 13.3. The van der Waals surface area contributed by atoms with Crippen molar-refractivity contribution < 1.29 is 24.2 Å². The summed E-state index contributed by atoms with van der Waals surface area (Å²) in [6, 6.07) is 25.2. The van der Waals surface area contributed by atoms with Gasteiger partial charge in [0.1, 0.15) is 12.6 Å². The van der Waals surface area contributed by atoms with E-state index in [2.05, 4.69) is 39.8 Å². The van der Waals surface area contributed by atoms with Crippen molar-refractivity contribution in [2.24, 2.45) is 11.3 Å². The lowest BCUT2D eigenvalue weighted by atomic mass is 9.80. The van der Waals surface area contributed by atoms with Crippen molar-refractivity contribution in [3.63, 3.8) is 0 Å². The fraction of sp³-hybridized carbons (Fsp3) is 0.382. The fourth-order valence-corrected chi connectivity index (χ4v) is 7.33. The number of carbonyl (C=O) groups excluding carboxylic acids is 2. The normalized spacial score (nSPS) is 21.7. The van der Waals surface area contributed by atoms with Gasteiger partial charge < -0.3 is 20.5 Å². The maximum atomic E-state index is 13.3. The van der Waals surface area contributed by atoms with Crippen LogP contribution >= 0.6 is 0 Å². The molecule has 1 heterocycles. The monoisotopic (exact) mass is 567 g/mol. The van der Waals surface area contributed by atoms with E-state index in [4.69, 9.17) is 4.74 Å². The predicted octanol–water partition coefficient (Wildman–Crippen LogP) is 4.79. The Morgan fingerprint density at radius 1 is 0.952 bits per heavy atom. The second-order valence-electron chi connectivity index (χ2n) is 11.9. The van der Waals surface area contributed by atoms with Crippen molar-refractivity contribution in [1.29, 1.82) is 0 Å². The highest BCUT2D eigenvalue weighted by molar-refractivity contribution is 5.89. The van der Waals surface area contributed by atoms with Crippen LogP contribution in [0.5, 0.6) is 0 Å². The summed E-state index contributed by atoms with van der Waals surface area (Å²) in [6.07, 6.45) is 1.94. The predicted molar refractivity (Wildman–Crippen MR) is 159 cm³/mol. The first-order valence-electron chi connectivity index (χ1n) is 14.8. The Balaban J connectivity index is 1.06. The number of alkyl carbamates (subject to hydrolysis) is 1. The zero-order valence-corrected chi connectivity index (χ0v) is 23.6. The highest BCUT2D eigenvalue weighted by Crippen LogP contribution is 2.48. The zero-order chi connectivity index (χ0) is 29.1. The molecule has 3 unspecified atom stereocenters. The summed E-state index contributed by atoms with van der Waals surface area (Å²) >= 11 is 0. The maximum Gasteiger partial charge on any atom is 0.407 e. The lowest BCUT2D eigenvalue weighted by Crippen LogP contribution is -2.51. The van der Waals surface area contributed by atoms with Gasteiger partial charge in [0.2, 0.25) is 5.91 Å². The number of nitrogens with one attached hydrogen (secondary N) is 2. The first-order valence-corrected chi connectivity index (χ1v) is 14.8. The van der Waals surface area contributed by atoms with Crippen LogP contribution in [0.4, 0.5) is 4.79 Å². The van der Waals surface area contributed by atoms with Gasteiger partial charge in [-0.05, 0) is 46.6 Å². The van der Waals surface area contributed by atoms with Crippen molar-refractivity contribution >= 4 is 18.0 Å². The molecule has 6 rings (SSSR count). The van der Waals surface area contributed by atoms with Crippen LogP contribution in [0.15, 0.2) is 78.9 Å². The largest absolute Gasteiger partial charge is 0.481 e. The quantitative estimate of drug-likeness (QED) is 0.325. The van der Waals surface area contributed by atoms with E-state index < -0.39 is 30.4 Å². The van der Waals surface area contributed by atoms with Crippen LogP contribution in [0.3, 0.4) is 0 Å². The molecule has 218 valence electrons. The molecule has 1 saturated carbocycles. The van der Waals surface area contributed by atoms with Gasteiger partial charge in [0.25, 0.3) is 0 Å². The molecular weight excluding hydrogens is 530 g/mol. The van der Waals surface area contributed by atoms with E-state index in [-0.39, 0.29) is 17.9 Å². The molecule has 2 fully saturated rings. The summed E-state index contributed by atoms with van der Waals surface area (Å²) in [5, 5.41) is 15.0. The molecule has 3 atom stereocenters. The number of carboxylic acids is 1. The van der Waals surface area contributed by atoms with Gasteiger partial charge in [0.15, 0.2) is 0 Å². The molecule has 0 aromatic heterocycles. The zero-order valence-electron chi connectivity index (χ0n) is 23.6. The molecule has 1 saturated heterocycles. The molecule has 42 heavy (non-hydrogen) atoms. The lowest BCUT2D eigenvalue weighted by molar-refractivity contribution is -0.139.